The molecule has 0 unspecified atom stereocenters. The Balaban J connectivity index is 1.48. The normalized spacial score (nSPS) is 13.7. The fraction of sp³-hybridized carbons (Fsp3) is 0.350. The summed E-state index contributed by atoms with van der Waals surface area (Å²) in [6.07, 6.45) is 3.52. The van der Waals surface area contributed by atoms with E-state index in [1.54, 1.807) is 23.0 Å². The van der Waals surface area contributed by atoms with Gasteiger partial charge in [0.25, 0.3) is 5.91 Å². The van der Waals surface area contributed by atoms with E-state index in [4.69, 9.17) is 4.42 Å². The van der Waals surface area contributed by atoms with Gasteiger partial charge in [-0.2, -0.15) is 0 Å². The van der Waals surface area contributed by atoms with Crippen LogP contribution in [0.15, 0.2) is 45.8 Å². The molecule has 1 fully saturated rings. The van der Waals surface area contributed by atoms with Gasteiger partial charge in [-0.15, -0.1) is 5.10 Å². The molecule has 4 rings (SSSR count). The lowest BCUT2D eigenvalue weighted by Crippen LogP contribution is -2.32. The number of furan rings is 1. The van der Waals surface area contributed by atoms with Gasteiger partial charge in [0.1, 0.15) is 0 Å². The van der Waals surface area contributed by atoms with Crippen molar-refractivity contribution in [2.24, 2.45) is 0 Å². The van der Waals surface area contributed by atoms with Crippen molar-refractivity contribution in [3.63, 3.8) is 0 Å². The lowest BCUT2D eigenvalue weighted by Gasteiger charge is -2.07. The first-order valence-corrected chi connectivity index (χ1v) is 9.12. The second kappa shape index (κ2) is 6.90. The molecule has 0 bridgehead atoms. The Kier molecular flexibility index (Phi) is 4.43. The summed E-state index contributed by atoms with van der Waals surface area (Å²) in [6.45, 7) is 4.56. The van der Waals surface area contributed by atoms with E-state index in [9.17, 15) is 9.59 Å². The van der Waals surface area contributed by atoms with Crippen LogP contribution < -0.4 is 11.0 Å². The number of nitrogens with zero attached hydrogens (tertiary/aromatic N) is 3. The number of nitrogens with one attached hydrogen (secondary N) is 1. The number of amides is 1. The van der Waals surface area contributed by atoms with E-state index >= 15 is 0 Å². The summed E-state index contributed by atoms with van der Waals surface area (Å²) in [4.78, 5) is 25.1. The highest BCUT2D eigenvalue weighted by Crippen LogP contribution is 2.36. The largest absolute Gasteiger partial charge is 0.461 e. The molecule has 140 valence electrons. The highest BCUT2D eigenvalue weighted by atomic mass is 16.3. The van der Waals surface area contributed by atoms with E-state index in [0.717, 1.165) is 24.0 Å². The SMILES string of the molecule is Cc1cc(C)cc(C(=O)NCCn2nc(-c3ccco3)n(C3CC3)c2=O)c1. The highest BCUT2D eigenvalue weighted by Gasteiger charge is 2.31. The van der Waals surface area contributed by atoms with Crippen LogP contribution in [-0.2, 0) is 6.54 Å². The molecule has 1 aliphatic rings. The smallest absolute Gasteiger partial charge is 0.346 e. The molecule has 1 aliphatic carbocycles. The zero-order valence-corrected chi connectivity index (χ0v) is 15.4. The zero-order valence-electron chi connectivity index (χ0n) is 15.4. The number of rotatable bonds is 6. The fourth-order valence-corrected chi connectivity index (χ4v) is 3.28. The van der Waals surface area contributed by atoms with Gasteiger partial charge < -0.3 is 9.73 Å². The van der Waals surface area contributed by atoms with E-state index in [1.807, 2.05) is 32.0 Å². The Morgan fingerprint density at radius 1 is 1.26 bits per heavy atom. The number of hydrogen-bond donors (Lipinski definition) is 1. The minimum Gasteiger partial charge on any atom is -0.461 e. The zero-order chi connectivity index (χ0) is 19.0. The van der Waals surface area contributed by atoms with Gasteiger partial charge in [0.2, 0.25) is 5.82 Å². The summed E-state index contributed by atoms with van der Waals surface area (Å²) < 4.78 is 8.52. The van der Waals surface area contributed by atoms with Crippen LogP contribution in [0.5, 0.6) is 0 Å². The summed E-state index contributed by atoms with van der Waals surface area (Å²) >= 11 is 0. The number of carbonyl (C=O) groups excluding carboxylic acids is 1. The number of aromatic nitrogens is 3. The van der Waals surface area contributed by atoms with E-state index < -0.39 is 0 Å². The monoisotopic (exact) mass is 366 g/mol. The molecule has 0 aliphatic heterocycles. The van der Waals surface area contributed by atoms with Crippen molar-refractivity contribution >= 4 is 5.91 Å². The van der Waals surface area contributed by atoms with E-state index in [0.29, 0.717) is 30.2 Å². The van der Waals surface area contributed by atoms with Gasteiger partial charge in [-0.05, 0) is 51.0 Å². The summed E-state index contributed by atoms with van der Waals surface area (Å²) in [6, 6.07) is 9.50. The quantitative estimate of drug-likeness (QED) is 0.727. The minimum absolute atomic E-state index is 0.150. The molecule has 7 nitrogen and oxygen atoms in total. The Bertz CT molecular complexity index is 1010. The van der Waals surface area contributed by atoms with Gasteiger partial charge in [-0.1, -0.05) is 17.2 Å². The first-order chi connectivity index (χ1) is 13.0. The minimum atomic E-state index is -0.162. The van der Waals surface area contributed by atoms with Crippen LogP contribution >= 0.6 is 0 Å². The van der Waals surface area contributed by atoms with Crippen molar-refractivity contribution in [1.29, 1.82) is 0 Å². The van der Waals surface area contributed by atoms with E-state index in [-0.39, 0.29) is 17.6 Å². The first-order valence-electron chi connectivity index (χ1n) is 9.12. The average molecular weight is 366 g/mol. The third-order valence-electron chi connectivity index (χ3n) is 4.62. The molecule has 2 aromatic heterocycles. The second-order valence-corrected chi connectivity index (χ2v) is 7.04. The highest BCUT2D eigenvalue weighted by molar-refractivity contribution is 5.94. The summed E-state index contributed by atoms with van der Waals surface area (Å²) in [5.41, 5.74) is 2.55. The van der Waals surface area contributed by atoms with Gasteiger partial charge >= 0.3 is 5.69 Å². The van der Waals surface area contributed by atoms with Crippen LogP contribution in [0.2, 0.25) is 0 Å². The second-order valence-electron chi connectivity index (χ2n) is 7.04. The number of carbonyl (C=O) groups is 1. The molecule has 1 amide bonds. The maximum absolute atomic E-state index is 12.7. The van der Waals surface area contributed by atoms with Gasteiger partial charge in [-0.3, -0.25) is 9.36 Å². The maximum atomic E-state index is 12.7. The summed E-state index contributed by atoms with van der Waals surface area (Å²) in [5, 5.41) is 7.30. The van der Waals surface area contributed by atoms with Crippen LogP contribution in [0.4, 0.5) is 0 Å². The standard InChI is InChI=1S/C20H22N4O3/c1-13-10-14(2)12-15(11-13)19(25)21-7-8-23-20(26)24(16-5-6-16)18(22-23)17-4-3-9-27-17/h3-4,9-12,16H,5-8H2,1-2H3,(H,21,25). The average Bonchev–Trinajstić information content (AvgIpc) is 3.20. The molecule has 1 aromatic carbocycles. The molecule has 0 radical (unpaired) electrons. The molecule has 27 heavy (non-hydrogen) atoms. The molecule has 0 atom stereocenters. The first kappa shape index (κ1) is 17.3. The van der Waals surface area contributed by atoms with Crippen molar-refractivity contribution in [1.82, 2.24) is 19.7 Å². The van der Waals surface area contributed by atoms with E-state index in [2.05, 4.69) is 10.4 Å². The molecule has 1 saturated carbocycles. The third-order valence-corrected chi connectivity index (χ3v) is 4.62. The van der Waals surface area contributed by atoms with Gasteiger partial charge in [0.15, 0.2) is 5.76 Å². The van der Waals surface area contributed by atoms with E-state index in [1.165, 1.54) is 4.68 Å². The predicted octanol–water partition coefficient (Wildman–Crippen LogP) is 2.69. The van der Waals surface area contributed by atoms with Gasteiger partial charge in [0, 0.05) is 18.2 Å². The van der Waals surface area contributed by atoms with Crippen LogP contribution in [-0.4, -0.2) is 26.8 Å². The molecule has 2 heterocycles. The Labute approximate surface area is 156 Å². The third kappa shape index (κ3) is 3.58. The number of benzene rings is 1. The van der Waals surface area contributed by atoms with Crippen molar-refractivity contribution in [2.75, 3.05) is 6.54 Å². The van der Waals surface area contributed by atoms with Gasteiger partial charge in [0.05, 0.1) is 12.8 Å². The van der Waals surface area contributed by atoms with Crippen LogP contribution in [0, 0.1) is 13.8 Å². The summed E-state index contributed by atoms with van der Waals surface area (Å²) in [7, 11) is 0. The fourth-order valence-electron chi connectivity index (χ4n) is 3.28. The Hall–Kier alpha value is -3.09. The molecule has 0 saturated heterocycles. The Morgan fingerprint density at radius 2 is 2.00 bits per heavy atom. The molecule has 0 spiro atoms. The van der Waals surface area contributed by atoms with Crippen molar-refractivity contribution in [3.05, 3.63) is 63.8 Å². The molecule has 3 aromatic rings. The number of hydrogen-bond acceptors (Lipinski definition) is 4. The summed E-state index contributed by atoms with van der Waals surface area (Å²) in [5.74, 6) is 0.980. The molecular formula is C20H22N4O3. The van der Waals surface area contributed by atoms with Gasteiger partial charge in [-0.25, -0.2) is 9.48 Å². The maximum Gasteiger partial charge on any atom is 0.346 e. The van der Waals surface area contributed by atoms with Crippen LogP contribution in [0.1, 0.15) is 40.4 Å². The predicted molar refractivity (Wildman–Crippen MR) is 101 cm³/mol. The van der Waals surface area contributed by atoms with Crippen molar-refractivity contribution in [3.8, 4) is 11.6 Å². The molecular weight excluding hydrogens is 344 g/mol. The van der Waals surface area contributed by atoms with Crippen molar-refractivity contribution < 1.29 is 9.21 Å². The molecule has 1 N–H and O–H groups in total. The van der Waals surface area contributed by atoms with Crippen LogP contribution in [0.3, 0.4) is 0 Å². The lowest BCUT2D eigenvalue weighted by atomic mass is 10.1. The van der Waals surface area contributed by atoms with Crippen molar-refractivity contribution in [2.45, 2.75) is 39.3 Å². The van der Waals surface area contributed by atoms with Crippen LogP contribution in [0.25, 0.3) is 11.6 Å². The Morgan fingerprint density at radius 3 is 2.63 bits per heavy atom. The topological polar surface area (TPSA) is 82.1 Å². The lowest BCUT2D eigenvalue weighted by molar-refractivity contribution is 0.0951. The molecule has 7 heteroatoms. The number of aryl methyl sites for hydroxylation is 2.